The van der Waals surface area contributed by atoms with Crippen molar-refractivity contribution in [3.8, 4) is 0 Å². The molecule has 27 heavy (non-hydrogen) atoms. The highest BCUT2D eigenvalue weighted by molar-refractivity contribution is 7.80. The number of nitrogens with one attached hydrogen (secondary N) is 2. The van der Waals surface area contributed by atoms with Crippen LogP contribution in [0.2, 0.25) is 0 Å². The molecule has 0 aliphatic heterocycles. The van der Waals surface area contributed by atoms with Crippen LogP contribution in [0.15, 0.2) is 78.9 Å². The minimum absolute atomic E-state index is 0.350. The molecule has 3 rings (SSSR count). The van der Waals surface area contributed by atoms with Gasteiger partial charge in [0.1, 0.15) is 0 Å². The molecule has 0 fully saturated rings. The monoisotopic (exact) mass is 374 g/mol. The molecule has 0 amide bonds. The van der Waals surface area contributed by atoms with E-state index in [4.69, 9.17) is 12.2 Å². The van der Waals surface area contributed by atoms with E-state index >= 15 is 0 Å². The summed E-state index contributed by atoms with van der Waals surface area (Å²) in [6, 6.07) is 27.6. The lowest BCUT2D eigenvalue weighted by molar-refractivity contribution is 0.694. The molecule has 0 saturated heterocycles. The Morgan fingerprint density at radius 2 is 1.41 bits per heavy atom. The fourth-order valence-corrected chi connectivity index (χ4v) is 3.49. The molecule has 3 heteroatoms. The molecule has 0 heterocycles. The third kappa shape index (κ3) is 5.18. The van der Waals surface area contributed by atoms with Crippen molar-refractivity contribution < 1.29 is 0 Å². The van der Waals surface area contributed by atoms with Crippen LogP contribution in [0.4, 0.5) is 5.69 Å². The van der Waals surface area contributed by atoms with Crippen molar-refractivity contribution in [1.82, 2.24) is 5.32 Å². The van der Waals surface area contributed by atoms with Gasteiger partial charge in [0.15, 0.2) is 5.11 Å². The maximum absolute atomic E-state index is 5.50. The molecule has 0 spiro atoms. The van der Waals surface area contributed by atoms with Gasteiger partial charge in [-0.3, -0.25) is 0 Å². The molecule has 0 atom stereocenters. The fraction of sp³-hybridized carbons (Fsp3) is 0.208. The smallest absolute Gasteiger partial charge is 0.170 e. The summed E-state index contributed by atoms with van der Waals surface area (Å²) in [5.41, 5.74) is 6.22. The molecule has 0 unspecified atom stereocenters. The van der Waals surface area contributed by atoms with Gasteiger partial charge in [-0.2, -0.15) is 0 Å². The van der Waals surface area contributed by atoms with Crippen LogP contribution in [0.3, 0.4) is 0 Å². The van der Waals surface area contributed by atoms with Crippen molar-refractivity contribution in [2.24, 2.45) is 0 Å². The summed E-state index contributed by atoms with van der Waals surface area (Å²) in [5.74, 6) is 0.350. The molecular formula is C24H26N2S. The summed E-state index contributed by atoms with van der Waals surface area (Å²) in [4.78, 5) is 0. The van der Waals surface area contributed by atoms with Gasteiger partial charge in [0.05, 0.1) is 0 Å². The Labute approximate surface area is 167 Å². The minimum Gasteiger partial charge on any atom is -0.362 e. The highest BCUT2D eigenvalue weighted by atomic mass is 32.1. The van der Waals surface area contributed by atoms with Gasteiger partial charge >= 0.3 is 0 Å². The first kappa shape index (κ1) is 19.1. The molecule has 2 nitrogen and oxygen atoms in total. The van der Waals surface area contributed by atoms with E-state index in [0.717, 1.165) is 18.7 Å². The van der Waals surface area contributed by atoms with E-state index in [-0.39, 0.29) is 0 Å². The summed E-state index contributed by atoms with van der Waals surface area (Å²) >= 11 is 5.50. The third-order valence-electron chi connectivity index (χ3n) is 4.98. The number of aryl methyl sites for hydroxylation is 1. The number of thiocarbonyl (C=S) groups is 1. The van der Waals surface area contributed by atoms with E-state index in [1.54, 1.807) is 0 Å². The number of anilines is 1. The highest BCUT2D eigenvalue weighted by Crippen LogP contribution is 2.27. The maximum Gasteiger partial charge on any atom is 0.170 e. The second-order valence-corrected chi connectivity index (χ2v) is 7.20. The van der Waals surface area contributed by atoms with E-state index in [9.17, 15) is 0 Å². The van der Waals surface area contributed by atoms with Crippen LogP contribution < -0.4 is 10.6 Å². The second-order valence-electron chi connectivity index (χ2n) is 6.79. The summed E-state index contributed by atoms with van der Waals surface area (Å²) in [7, 11) is 0. The van der Waals surface area contributed by atoms with Gasteiger partial charge in [-0.05, 0) is 60.8 Å². The highest BCUT2D eigenvalue weighted by Gasteiger charge is 2.13. The molecule has 2 N–H and O–H groups in total. The van der Waals surface area contributed by atoms with Crippen LogP contribution in [-0.2, 0) is 0 Å². The Kier molecular flexibility index (Phi) is 6.61. The predicted octanol–water partition coefficient (Wildman–Crippen LogP) is 5.81. The molecule has 0 aromatic heterocycles. The zero-order valence-electron chi connectivity index (χ0n) is 15.9. The molecule has 3 aromatic rings. The molecule has 0 bridgehead atoms. The molecule has 138 valence electrons. The second kappa shape index (κ2) is 9.33. The van der Waals surface area contributed by atoms with Gasteiger partial charge in [0.25, 0.3) is 0 Å². The SMILES string of the molecule is Cc1cccc(NC(=S)NCCC(c2ccccc2)c2ccccc2)c1C. The van der Waals surface area contributed by atoms with Crippen LogP contribution in [0, 0.1) is 13.8 Å². The molecule has 0 aliphatic carbocycles. The number of benzene rings is 3. The first-order valence-corrected chi connectivity index (χ1v) is 9.77. The third-order valence-corrected chi connectivity index (χ3v) is 5.22. The van der Waals surface area contributed by atoms with Gasteiger partial charge < -0.3 is 10.6 Å². The summed E-state index contributed by atoms with van der Waals surface area (Å²) in [6.07, 6.45) is 0.975. The quantitative estimate of drug-likeness (QED) is 0.532. The summed E-state index contributed by atoms with van der Waals surface area (Å²) in [6.45, 7) is 5.04. The van der Waals surface area contributed by atoms with Gasteiger partial charge in [0, 0.05) is 18.2 Å². The summed E-state index contributed by atoms with van der Waals surface area (Å²) in [5, 5.41) is 7.36. The molecule has 0 saturated carbocycles. The first-order valence-electron chi connectivity index (χ1n) is 9.36. The van der Waals surface area contributed by atoms with Crippen molar-refractivity contribution in [1.29, 1.82) is 0 Å². The Morgan fingerprint density at radius 3 is 2.00 bits per heavy atom. The number of rotatable bonds is 6. The van der Waals surface area contributed by atoms with Crippen LogP contribution in [0.5, 0.6) is 0 Å². The van der Waals surface area contributed by atoms with Gasteiger partial charge in [-0.25, -0.2) is 0 Å². The molecule has 0 radical (unpaired) electrons. The lowest BCUT2D eigenvalue weighted by Gasteiger charge is -2.19. The normalized spacial score (nSPS) is 10.6. The average Bonchev–Trinajstić information content (AvgIpc) is 2.70. The largest absolute Gasteiger partial charge is 0.362 e. The van der Waals surface area contributed by atoms with Crippen LogP contribution in [-0.4, -0.2) is 11.7 Å². The van der Waals surface area contributed by atoms with Crippen molar-refractivity contribution in [3.63, 3.8) is 0 Å². The van der Waals surface area contributed by atoms with Gasteiger partial charge in [-0.1, -0.05) is 72.8 Å². The molecule has 0 aliphatic rings. The zero-order chi connectivity index (χ0) is 19.1. The maximum atomic E-state index is 5.50. The number of hydrogen-bond donors (Lipinski definition) is 2. The number of hydrogen-bond acceptors (Lipinski definition) is 1. The Balaban J connectivity index is 1.62. The average molecular weight is 375 g/mol. The van der Waals surface area contributed by atoms with Crippen molar-refractivity contribution in [2.45, 2.75) is 26.2 Å². The standard InChI is InChI=1S/C24H26N2S/c1-18-10-9-15-23(19(18)2)26-24(27)25-17-16-22(20-11-5-3-6-12-20)21-13-7-4-8-14-21/h3-15,22H,16-17H2,1-2H3,(H2,25,26,27). The first-order chi connectivity index (χ1) is 13.1. The van der Waals surface area contributed by atoms with Crippen LogP contribution in [0.25, 0.3) is 0 Å². The Bertz CT molecular complexity index is 836. The van der Waals surface area contributed by atoms with E-state index in [0.29, 0.717) is 11.0 Å². The Morgan fingerprint density at radius 1 is 0.815 bits per heavy atom. The van der Waals surface area contributed by atoms with Gasteiger partial charge in [0.2, 0.25) is 0 Å². The zero-order valence-corrected chi connectivity index (χ0v) is 16.7. The molecular weight excluding hydrogens is 348 g/mol. The minimum atomic E-state index is 0.350. The van der Waals surface area contributed by atoms with E-state index in [1.165, 1.54) is 22.3 Å². The van der Waals surface area contributed by atoms with E-state index in [2.05, 4.69) is 97.3 Å². The lowest BCUT2D eigenvalue weighted by Crippen LogP contribution is -2.30. The van der Waals surface area contributed by atoms with Crippen molar-refractivity contribution in [2.75, 3.05) is 11.9 Å². The van der Waals surface area contributed by atoms with E-state index in [1.807, 2.05) is 6.07 Å². The van der Waals surface area contributed by atoms with E-state index < -0.39 is 0 Å². The van der Waals surface area contributed by atoms with Crippen LogP contribution >= 0.6 is 12.2 Å². The summed E-state index contributed by atoms with van der Waals surface area (Å²) < 4.78 is 0. The van der Waals surface area contributed by atoms with Crippen LogP contribution in [0.1, 0.15) is 34.6 Å². The predicted molar refractivity (Wildman–Crippen MR) is 119 cm³/mol. The van der Waals surface area contributed by atoms with Crippen molar-refractivity contribution in [3.05, 3.63) is 101 Å². The fourth-order valence-electron chi connectivity index (χ4n) is 3.28. The lowest BCUT2D eigenvalue weighted by atomic mass is 9.88. The Hall–Kier alpha value is -2.65. The van der Waals surface area contributed by atoms with Gasteiger partial charge in [-0.15, -0.1) is 0 Å². The van der Waals surface area contributed by atoms with Crippen molar-refractivity contribution >= 4 is 23.0 Å². The molecule has 3 aromatic carbocycles. The topological polar surface area (TPSA) is 24.1 Å².